The first-order valence-electron chi connectivity index (χ1n) is 8.14. The summed E-state index contributed by atoms with van der Waals surface area (Å²) in [6.07, 6.45) is 4.48. The van der Waals surface area contributed by atoms with Crippen LogP contribution >= 0.6 is 0 Å². The van der Waals surface area contributed by atoms with E-state index in [1.165, 1.54) is 14.2 Å². The number of hydrogen-bond donors (Lipinski definition) is 0. The molecule has 1 aromatic rings. The van der Waals surface area contributed by atoms with Gasteiger partial charge in [-0.05, 0) is 42.4 Å². The smallest absolute Gasteiger partial charge is 0.327 e. The van der Waals surface area contributed by atoms with E-state index >= 15 is 0 Å². The molecule has 1 aromatic carbocycles. The van der Waals surface area contributed by atoms with Crippen LogP contribution in [0.5, 0.6) is 0 Å². The number of hydrogen-bond acceptors (Lipinski definition) is 4. The molecule has 25 heavy (non-hydrogen) atoms. The van der Waals surface area contributed by atoms with Crippen LogP contribution in [0.1, 0.15) is 24.5 Å². The second-order valence-electron chi connectivity index (χ2n) is 6.39. The zero-order valence-corrected chi connectivity index (χ0v) is 15.0. The van der Waals surface area contributed by atoms with Crippen molar-refractivity contribution in [1.29, 1.82) is 0 Å². The second-order valence-corrected chi connectivity index (χ2v) is 6.39. The molecular formula is C21H24O4. The highest BCUT2D eigenvalue weighted by molar-refractivity contribution is 6.03. The minimum atomic E-state index is -1.40. The largest absolute Gasteiger partial charge is 0.468 e. The van der Waals surface area contributed by atoms with Gasteiger partial charge in [-0.2, -0.15) is 0 Å². The summed E-state index contributed by atoms with van der Waals surface area (Å²) in [5, 5.41) is 0. The molecule has 0 N–H and O–H groups in total. The van der Waals surface area contributed by atoms with Crippen LogP contribution in [0.4, 0.5) is 0 Å². The normalized spacial score (nSPS) is 18.2. The van der Waals surface area contributed by atoms with E-state index in [-0.39, 0.29) is 5.92 Å². The molecule has 0 aliphatic heterocycles. The molecule has 0 radical (unpaired) electrons. The number of allylic oxidation sites excluding steroid dienone is 2. The van der Waals surface area contributed by atoms with Gasteiger partial charge in [0.25, 0.3) is 0 Å². The maximum atomic E-state index is 12.4. The SMILES string of the molecule is C=Cc1ccc(CC2CC(C(=O)OC)(C(=O)OC)C=C2C(=C)C)cc1. The van der Waals surface area contributed by atoms with Gasteiger partial charge in [-0.25, -0.2) is 0 Å². The minimum Gasteiger partial charge on any atom is -0.468 e. The fourth-order valence-electron chi connectivity index (χ4n) is 3.40. The van der Waals surface area contributed by atoms with Gasteiger partial charge in [-0.3, -0.25) is 9.59 Å². The number of carbonyl (C=O) groups excluding carboxylic acids is 2. The van der Waals surface area contributed by atoms with Crippen molar-refractivity contribution in [2.75, 3.05) is 14.2 Å². The van der Waals surface area contributed by atoms with Crippen LogP contribution in [0, 0.1) is 11.3 Å². The van der Waals surface area contributed by atoms with Gasteiger partial charge >= 0.3 is 11.9 Å². The van der Waals surface area contributed by atoms with Crippen molar-refractivity contribution in [1.82, 2.24) is 0 Å². The molecule has 1 aliphatic rings. The van der Waals surface area contributed by atoms with Crippen LogP contribution in [0.25, 0.3) is 6.08 Å². The lowest BCUT2D eigenvalue weighted by molar-refractivity contribution is -0.165. The van der Waals surface area contributed by atoms with Crippen LogP contribution in [-0.2, 0) is 25.5 Å². The molecule has 0 amide bonds. The first-order valence-corrected chi connectivity index (χ1v) is 8.14. The predicted molar refractivity (Wildman–Crippen MR) is 97.7 cm³/mol. The fraction of sp³-hybridized carbons (Fsp3) is 0.333. The van der Waals surface area contributed by atoms with Crippen LogP contribution in [-0.4, -0.2) is 26.2 Å². The molecule has 0 spiro atoms. The first-order chi connectivity index (χ1) is 11.9. The molecule has 2 rings (SSSR count). The van der Waals surface area contributed by atoms with E-state index in [0.717, 1.165) is 22.3 Å². The highest BCUT2D eigenvalue weighted by Gasteiger charge is 2.52. The average Bonchev–Trinajstić information content (AvgIpc) is 3.01. The summed E-state index contributed by atoms with van der Waals surface area (Å²) in [6, 6.07) is 8.05. The number of esters is 2. The summed E-state index contributed by atoms with van der Waals surface area (Å²) in [7, 11) is 2.56. The maximum absolute atomic E-state index is 12.4. The lowest BCUT2D eigenvalue weighted by Crippen LogP contribution is -2.38. The number of ether oxygens (including phenoxy) is 2. The first kappa shape index (κ1) is 18.7. The molecule has 132 valence electrons. The van der Waals surface area contributed by atoms with Crippen LogP contribution < -0.4 is 0 Å². The molecule has 1 unspecified atom stereocenters. The van der Waals surface area contributed by atoms with E-state index in [9.17, 15) is 9.59 Å². The van der Waals surface area contributed by atoms with Gasteiger partial charge in [0.05, 0.1) is 14.2 Å². The standard InChI is InChI=1S/C21H24O4/c1-6-15-7-9-16(10-8-15)11-17-12-21(19(22)24-4,20(23)25-5)13-18(17)14(2)3/h6-10,13,17H,1-2,11-12H2,3-5H3. The number of methoxy groups -OCH3 is 2. The summed E-state index contributed by atoms with van der Waals surface area (Å²) in [5.74, 6) is -1.20. The van der Waals surface area contributed by atoms with Crippen molar-refractivity contribution in [3.8, 4) is 0 Å². The number of benzene rings is 1. The summed E-state index contributed by atoms with van der Waals surface area (Å²) in [6.45, 7) is 9.64. The molecule has 0 bridgehead atoms. The molecule has 0 saturated heterocycles. The number of rotatable bonds is 6. The monoisotopic (exact) mass is 340 g/mol. The molecule has 0 fully saturated rings. The molecule has 0 saturated carbocycles. The Kier molecular flexibility index (Phi) is 5.62. The maximum Gasteiger partial charge on any atom is 0.327 e. The lowest BCUT2D eigenvalue weighted by Gasteiger charge is -2.23. The van der Waals surface area contributed by atoms with Gasteiger partial charge in [0, 0.05) is 0 Å². The van der Waals surface area contributed by atoms with E-state index in [4.69, 9.17) is 9.47 Å². The van der Waals surface area contributed by atoms with Crippen LogP contribution in [0.3, 0.4) is 0 Å². The fourth-order valence-corrected chi connectivity index (χ4v) is 3.40. The zero-order valence-electron chi connectivity index (χ0n) is 15.0. The molecule has 1 atom stereocenters. The highest BCUT2D eigenvalue weighted by Crippen LogP contribution is 2.45. The summed E-state index contributed by atoms with van der Waals surface area (Å²) < 4.78 is 9.78. The van der Waals surface area contributed by atoms with Crippen molar-refractivity contribution in [2.45, 2.75) is 19.8 Å². The Morgan fingerprint density at radius 2 is 1.76 bits per heavy atom. The van der Waals surface area contributed by atoms with E-state index in [2.05, 4.69) is 13.2 Å². The van der Waals surface area contributed by atoms with E-state index in [0.29, 0.717) is 12.8 Å². The third kappa shape index (κ3) is 3.58. The molecule has 4 heteroatoms. The molecule has 0 heterocycles. The van der Waals surface area contributed by atoms with Crippen molar-refractivity contribution >= 4 is 18.0 Å². The minimum absolute atomic E-state index is 0.00900. The third-order valence-electron chi connectivity index (χ3n) is 4.70. The summed E-state index contributed by atoms with van der Waals surface area (Å²) >= 11 is 0. The van der Waals surface area contributed by atoms with E-state index in [1.807, 2.05) is 31.2 Å². The van der Waals surface area contributed by atoms with Gasteiger partial charge in [0.2, 0.25) is 0 Å². The highest BCUT2D eigenvalue weighted by atomic mass is 16.5. The Hall–Kier alpha value is -2.62. The Morgan fingerprint density at radius 1 is 1.20 bits per heavy atom. The second kappa shape index (κ2) is 7.51. The van der Waals surface area contributed by atoms with Gasteiger partial charge in [-0.1, -0.05) is 55.1 Å². The van der Waals surface area contributed by atoms with E-state index < -0.39 is 17.4 Å². The van der Waals surface area contributed by atoms with Gasteiger partial charge < -0.3 is 9.47 Å². The van der Waals surface area contributed by atoms with Crippen molar-refractivity contribution in [2.24, 2.45) is 11.3 Å². The molecule has 1 aliphatic carbocycles. The van der Waals surface area contributed by atoms with Crippen LogP contribution in [0.2, 0.25) is 0 Å². The van der Waals surface area contributed by atoms with Gasteiger partial charge in [-0.15, -0.1) is 0 Å². The molecule has 0 aromatic heterocycles. The zero-order chi connectivity index (χ0) is 18.6. The average molecular weight is 340 g/mol. The summed E-state index contributed by atoms with van der Waals surface area (Å²) in [4.78, 5) is 24.8. The van der Waals surface area contributed by atoms with Crippen molar-refractivity contribution < 1.29 is 19.1 Å². The number of carbonyl (C=O) groups is 2. The quantitative estimate of drug-likeness (QED) is 0.585. The van der Waals surface area contributed by atoms with E-state index in [1.54, 1.807) is 12.2 Å². The Morgan fingerprint density at radius 3 is 2.20 bits per heavy atom. The predicted octanol–water partition coefficient (Wildman–Crippen LogP) is 3.73. The topological polar surface area (TPSA) is 52.6 Å². The van der Waals surface area contributed by atoms with Crippen LogP contribution in [0.15, 0.2) is 54.6 Å². The third-order valence-corrected chi connectivity index (χ3v) is 4.70. The van der Waals surface area contributed by atoms with Gasteiger partial charge in [0.15, 0.2) is 5.41 Å². The molecule has 4 nitrogen and oxygen atoms in total. The molecular weight excluding hydrogens is 316 g/mol. The van der Waals surface area contributed by atoms with Crippen molar-refractivity contribution in [3.05, 3.63) is 65.8 Å². The Bertz CT molecular complexity index is 709. The Labute approximate surface area is 148 Å². The summed E-state index contributed by atoms with van der Waals surface area (Å²) in [5.41, 5.74) is 2.51. The Balaban J connectivity index is 2.37. The van der Waals surface area contributed by atoms with Crippen molar-refractivity contribution in [3.63, 3.8) is 0 Å². The van der Waals surface area contributed by atoms with Gasteiger partial charge in [0.1, 0.15) is 0 Å². The lowest BCUT2D eigenvalue weighted by atomic mass is 9.83.